The van der Waals surface area contributed by atoms with Gasteiger partial charge in [-0.3, -0.25) is 4.79 Å². The monoisotopic (exact) mass is 220 g/mol. The van der Waals surface area contributed by atoms with Crippen molar-refractivity contribution in [3.63, 3.8) is 0 Å². The van der Waals surface area contributed by atoms with Crippen molar-refractivity contribution < 1.29 is 0 Å². The molecule has 1 saturated carbocycles. The van der Waals surface area contributed by atoms with Crippen LogP contribution in [0.3, 0.4) is 0 Å². The van der Waals surface area contributed by atoms with Gasteiger partial charge in [-0.25, -0.2) is 0 Å². The SMILES string of the molecule is Cc1cccc(=O)n1CCC1CCCC1N. The topological polar surface area (TPSA) is 48.0 Å². The lowest BCUT2D eigenvalue weighted by Gasteiger charge is -2.16. The Morgan fingerprint density at radius 3 is 2.88 bits per heavy atom. The number of nitrogens with two attached hydrogens (primary N) is 1. The number of rotatable bonds is 3. The van der Waals surface area contributed by atoms with Crippen LogP contribution in [0.5, 0.6) is 0 Å². The minimum atomic E-state index is 0.103. The molecule has 2 unspecified atom stereocenters. The summed E-state index contributed by atoms with van der Waals surface area (Å²) in [6.45, 7) is 2.79. The highest BCUT2D eigenvalue weighted by molar-refractivity contribution is 5.04. The fourth-order valence-corrected chi connectivity index (χ4v) is 2.63. The van der Waals surface area contributed by atoms with Crippen molar-refractivity contribution in [3.8, 4) is 0 Å². The first kappa shape index (κ1) is 11.4. The lowest BCUT2D eigenvalue weighted by Crippen LogP contribution is -2.28. The molecule has 0 aromatic carbocycles. The van der Waals surface area contributed by atoms with Crippen LogP contribution in [-0.2, 0) is 6.54 Å². The molecule has 16 heavy (non-hydrogen) atoms. The second-order valence-electron chi connectivity index (χ2n) is 4.80. The number of aryl methyl sites for hydroxylation is 1. The second kappa shape index (κ2) is 4.83. The summed E-state index contributed by atoms with van der Waals surface area (Å²) in [7, 11) is 0. The number of hydrogen-bond acceptors (Lipinski definition) is 2. The molecule has 0 spiro atoms. The zero-order valence-electron chi connectivity index (χ0n) is 9.86. The fourth-order valence-electron chi connectivity index (χ4n) is 2.63. The molecule has 0 saturated heterocycles. The molecule has 1 aliphatic rings. The van der Waals surface area contributed by atoms with Gasteiger partial charge in [0.05, 0.1) is 0 Å². The van der Waals surface area contributed by atoms with Gasteiger partial charge < -0.3 is 10.3 Å². The molecule has 1 fully saturated rings. The van der Waals surface area contributed by atoms with E-state index >= 15 is 0 Å². The number of nitrogens with zero attached hydrogens (tertiary/aromatic N) is 1. The van der Waals surface area contributed by atoms with Gasteiger partial charge >= 0.3 is 0 Å². The normalized spacial score (nSPS) is 24.9. The Morgan fingerprint density at radius 2 is 2.25 bits per heavy atom. The van der Waals surface area contributed by atoms with Gasteiger partial charge in [-0.1, -0.05) is 12.5 Å². The molecule has 88 valence electrons. The van der Waals surface area contributed by atoms with Crippen molar-refractivity contribution >= 4 is 0 Å². The Balaban J connectivity index is 2.02. The predicted octanol–water partition coefficient (Wildman–Crippen LogP) is 1.67. The van der Waals surface area contributed by atoms with Crippen LogP contribution in [0.4, 0.5) is 0 Å². The van der Waals surface area contributed by atoms with Gasteiger partial charge in [-0.15, -0.1) is 0 Å². The van der Waals surface area contributed by atoms with Gasteiger partial charge in [0.15, 0.2) is 0 Å². The minimum Gasteiger partial charge on any atom is -0.327 e. The van der Waals surface area contributed by atoms with E-state index in [2.05, 4.69) is 0 Å². The average molecular weight is 220 g/mol. The first-order valence-electron chi connectivity index (χ1n) is 6.10. The summed E-state index contributed by atoms with van der Waals surface area (Å²) in [5.41, 5.74) is 7.18. The smallest absolute Gasteiger partial charge is 0.250 e. The molecule has 3 heteroatoms. The fraction of sp³-hybridized carbons (Fsp3) is 0.615. The maximum absolute atomic E-state index is 11.7. The van der Waals surface area contributed by atoms with Crippen LogP contribution in [0, 0.1) is 12.8 Å². The molecular weight excluding hydrogens is 200 g/mol. The van der Waals surface area contributed by atoms with Gasteiger partial charge in [0.1, 0.15) is 0 Å². The molecule has 0 amide bonds. The van der Waals surface area contributed by atoms with Gasteiger partial charge in [-0.2, -0.15) is 0 Å². The van der Waals surface area contributed by atoms with Crippen molar-refractivity contribution in [2.45, 2.75) is 45.2 Å². The largest absolute Gasteiger partial charge is 0.327 e. The van der Waals surface area contributed by atoms with Crippen molar-refractivity contribution in [2.24, 2.45) is 11.7 Å². The van der Waals surface area contributed by atoms with E-state index in [1.54, 1.807) is 6.07 Å². The van der Waals surface area contributed by atoms with E-state index < -0.39 is 0 Å². The maximum atomic E-state index is 11.7. The van der Waals surface area contributed by atoms with E-state index in [0.717, 1.165) is 25.1 Å². The van der Waals surface area contributed by atoms with Crippen molar-refractivity contribution in [3.05, 3.63) is 34.2 Å². The second-order valence-corrected chi connectivity index (χ2v) is 4.80. The Morgan fingerprint density at radius 1 is 1.44 bits per heavy atom. The molecule has 2 N–H and O–H groups in total. The summed E-state index contributed by atoms with van der Waals surface area (Å²) >= 11 is 0. The molecule has 3 nitrogen and oxygen atoms in total. The van der Waals surface area contributed by atoms with E-state index in [0.29, 0.717) is 12.0 Å². The van der Waals surface area contributed by atoms with E-state index in [1.165, 1.54) is 12.8 Å². The van der Waals surface area contributed by atoms with Crippen LogP contribution >= 0.6 is 0 Å². The zero-order chi connectivity index (χ0) is 11.5. The molecule has 1 aliphatic carbocycles. The van der Waals surface area contributed by atoms with Crippen LogP contribution in [-0.4, -0.2) is 10.6 Å². The van der Waals surface area contributed by atoms with E-state index in [4.69, 9.17) is 5.73 Å². The van der Waals surface area contributed by atoms with E-state index in [1.807, 2.05) is 23.6 Å². The highest BCUT2D eigenvalue weighted by Gasteiger charge is 2.23. The average Bonchev–Trinajstić information content (AvgIpc) is 2.64. The summed E-state index contributed by atoms with van der Waals surface area (Å²) < 4.78 is 1.85. The third-order valence-electron chi connectivity index (χ3n) is 3.71. The van der Waals surface area contributed by atoms with Gasteiger partial charge in [0.25, 0.3) is 5.56 Å². The van der Waals surface area contributed by atoms with Crippen molar-refractivity contribution in [1.29, 1.82) is 0 Å². The molecule has 0 radical (unpaired) electrons. The van der Waals surface area contributed by atoms with Gasteiger partial charge in [-0.05, 0) is 38.2 Å². The molecule has 0 bridgehead atoms. The lowest BCUT2D eigenvalue weighted by molar-refractivity contribution is 0.409. The number of hydrogen-bond donors (Lipinski definition) is 1. The van der Waals surface area contributed by atoms with Gasteiger partial charge in [0.2, 0.25) is 0 Å². The van der Waals surface area contributed by atoms with Crippen LogP contribution in [0.2, 0.25) is 0 Å². The molecule has 1 heterocycles. The minimum absolute atomic E-state index is 0.103. The summed E-state index contributed by atoms with van der Waals surface area (Å²) in [6.07, 6.45) is 4.65. The molecule has 0 aliphatic heterocycles. The van der Waals surface area contributed by atoms with Crippen molar-refractivity contribution in [1.82, 2.24) is 4.57 Å². The van der Waals surface area contributed by atoms with Crippen LogP contribution in [0.15, 0.2) is 23.0 Å². The Labute approximate surface area is 96.3 Å². The summed E-state index contributed by atoms with van der Waals surface area (Å²) in [5, 5.41) is 0. The van der Waals surface area contributed by atoms with Crippen molar-refractivity contribution in [2.75, 3.05) is 0 Å². The molecular formula is C13H20N2O. The van der Waals surface area contributed by atoms with E-state index in [-0.39, 0.29) is 5.56 Å². The number of aromatic nitrogens is 1. The predicted molar refractivity (Wildman–Crippen MR) is 65.4 cm³/mol. The maximum Gasteiger partial charge on any atom is 0.250 e. The first-order chi connectivity index (χ1) is 7.68. The molecule has 2 rings (SSSR count). The standard InChI is InChI=1S/C13H20N2O/c1-10-4-2-7-13(16)15(10)9-8-11-5-3-6-12(11)14/h2,4,7,11-12H,3,5-6,8-9,14H2,1H3. The van der Waals surface area contributed by atoms with Crippen LogP contribution in [0.1, 0.15) is 31.4 Å². The van der Waals surface area contributed by atoms with Gasteiger partial charge in [0, 0.05) is 24.3 Å². The lowest BCUT2D eigenvalue weighted by atomic mass is 10.0. The highest BCUT2D eigenvalue weighted by atomic mass is 16.1. The van der Waals surface area contributed by atoms with Crippen LogP contribution < -0.4 is 11.3 Å². The molecule has 2 atom stereocenters. The third-order valence-corrected chi connectivity index (χ3v) is 3.71. The van der Waals surface area contributed by atoms with Crippen LogP contribution in [0.25, 0.3) is 0 Å². The highest BCUT2D eigenvalue weighted by Crippen LogP contribution is 2.27. The quantitative estimate of drug-likeness (QED) is 0.842. The molecule has 1 aromatic rings. The Hall–Kier alpha value is -1.09. The summed E-state index contributed by atoms with van der Waals surface area (Å²) in [6, 6.07) is 5.77. The zero-order valence-corrected chi connectivity index (χ0v) is 9.86. The molecule has 1 aromatic heterocycles. The first-order valence-corrected chi connectivity index (χ1v) is 6.10. The number of pyridine rings is 1. The Bertz CT molecular complexity index is 411. The third kappa shape index (κ3) is 2.35. The summed E-state index contributed by atoms with van der Waals surface area (Å²) in [5.74, 6) is 0.603. The Kier molecular flexibility index (Phi) is 3.44. The van der Waals surface area contributed by atoms with E-state index in [9.17, 15) is 4.79 Å². The summed E-state index contributed by atoms with van der Waals surface area (Å²) in [4.78, 5) is 11.7.